The number of carbonyl (C=O) groups is 3. The highest BCUT2D eigenvalue weighted by Gasteiger charge is 2.47. The zero-order chi connectivity index (χ0) is 19.7. The number of aromatic amines is 1. The van der Waals surface area contributed by atoms with Gasteiger partial charge < -0.3 is 9.88 Å². The molecule has 1 aromatic carbocycles. The lowest BCUT2D eigenvalue weighted by Crippen LogP contribution is -3.12. The number of aromatic nitrogens is 2. The van der Waals surface area contributed by atoms with Crippen LogP contribution < -0.4 is 10.5 Å². The summed E-state index contributed by atoms with van der Waals surface area (Å²) in [6, 6.07) is 6.03. The normalized spacial score (nSPS) is 16.1. The first kappa shape index (κ1) is 18.7. The quantitative estimate of drug-likeness (QED) is 0.524. The lowest BCUT2D eigenvalue weighted by atomic mass is 10.2. The minimum atomic E-state index is -0.820. The number of carbonyl (C=O) groups excluding carboxylic acids is 3. The average molecular weight is 372 g/mol. The molecule has 1 saturated heterocycles. The Kier molecular flexibility index (Phi) is 5.04. The number of rotatable bonds is 6. The molecule has 1 unspecified atom stereocenters. The van der Waals surface area contributed by atoms with Crippen LogP contribution in [0, 0.1) is 0 Å². The van der Waals surface area contributed by atoms with Crippen LogP contribution in [0.2, 0.25) is 0 Å². The predicted molar refractivity (Wildman–Crippen MR) is 96.7 cm³/mol. The van der Waals surface area contributed by atoms with E-state index in [1.165, 1.54) is 0 Å². The second-order valence-electron chi connectivity index (χ2n) is 6.75. The Morgan fingerprint density at radius 1 is 1.11 bits per heavy atom. The molecule has 1 fully saturated rings. The van der Waals surface area contributed by atoms with E-state index in [2.05, 4.69) is 9.97 Å². The Labute approximate surface area is 155 Å². The topological polar surface area (TPSA) is 108 Å². The van der Waals surface area contributed by atoms with Crippen molar-refractivity contribution in [1.29, 1.82) is 0 Å². The second kappa shape index (κ2) is 7.28. The van der Waals surface area contributed by atoms with Crippen LogP contribution in [-0.4, -0.2) is 56.9 Å². The third kappa shape index (κ3) is 3.45. The van der Waals surface area contributed by atoms with Gasteiger partial charge in [-0.3, -0.25) is 19.3 Å². The Hall–Kier alpha value is -3.07. The third-order valence-electron chi connectivity index (χ3n) is 4.56. The van der Waals surface area contributed by atoms with Crippen LogP contribution in [0.3, 0.4) is 0 Å². The molecule has 3 rings (SSSR count). The molecule has 4 amide bonds. The molecule has 2 heterocycles. The standard InChI is InChI=1S/C18H21N5O4/c1-4-21(10-22-16(25)17(26)23(11(2)3)18(22)27)9-14-19-13-8-6-5-7-12(13)15(24)20-14/h5-8,11H,4,9-10H2,1-3H3,(H,19,20,24)/p+1. The van der Waals surface area contributed by atoms with Crippen LogP contribution >= 0.6 is 0 Å². The summed E-state index contributed by atoms with van der Waals surface area (Å²) in [4.78, 5) is 58.8. The Morgan fingerprint density at radius 3 is 2.44 bits per heavy atom. The van der Waals surface area contributed by atoms with Gasteiger partial charge >= 0.3 is 17.8 Å². The highest BCUT2D eigenvalue weighted by molar-refractivity contribution is 6.44. The van der Waals surface area contributed by atoms with E-state index in [0.29, 0.717) is 29.8 Å². The Morgan fingerprint density at radius 2 is 1.81 bits per heavy atom. The molecular weight excluding hydrogens is 350 g/mol. The minimum absolute atomic E-state index is 0.0274. The molecule has 2 aromatic rings. The van der Waals surface area contributed by atoms with Crippen molar-refractivity contribution in [2.24, 2.45) is 0 Å². The van der Waals surface area contributed by atoms with E-state index >= 15 is 0 Å². The predicted octanol–water partition coefficient (Wildman–Crippen LogP) is -0.515. The fourth-order valence-corrected chi connectivity index (χ4v) is 3.09. The number of para-hydroxylation sites is 1. The van der Waals surface area contributed by atoms with Crippen LogP contribution in [0.5, 0.6) is 0 Å². The SMILES string of the molecule is CC[NH+](Cc1nc2ccccc2c(=O)[nH]1)CN1C(=O)C(=O)N(C(C)C)C1=O. The van der Waals surface area contributed by atoms with E-state index in [9.17, 15) is 19.2 Å². The Bertz CT molecular complexity index is 968. The van der Waals surface area contributed by atoms with Gasteiger partial charge in [-0.2, -0.15) is 0 Å². The van der Waals surface area contributed by atoms with E-state index in [-0.39, 0.29) is 18.3 Å². The van der Waals surface area contributed by atoms with E-state index in [0.717, 1.165) is 14.7 Å². The van der Waals surface area contributed by atoms with E-state index in [1.54, 1.807) is 38.1 Å². The fraction of sp³-hybridized carbons (Fsp3) is 0.389. The number of quaternary nitrogens is 1. The second-order valence-corrected chi connectivity index (χ2v) is 6.75. The monoisotopic (exact) mass is 372 g/mol. The first-order valence-electron chi connectivity index (χ1n) is 8.84. The number of hydrogen-bond donors (Lipinski definition) is 2. The summed E-state index contributed by atoms with van der Waals surface area (Å²) < 4.78 is 0. The van der Waals surface area contributed by atoms with E-state index in [1.807, 2.05) is 6.92 Å². The summed E-state index contributed by atoms with van der Waals surface area (Å²) in [5, 5.41) is 0.502. The van der Waals surface area contributed by atoms with Gasteiger partial charge in [-0.05, 0) is 32.9 Å². The van der Waals surface area contributed by atoms with Gasteiger partial charge in [0.05, 0.1) is 17.4 Å². The van der Waals surface area contributed by atoms with Crippen LogP contribution in [0.15, 0.2) is 29.1 Å². The maximum atomic E-state index is 12.4. The van der Waals surface area contributed by atoms with Gasteiger partial charge in [0, 0.05) is 6.04 Å². The van der Waals surface area contributed by atoms with Crippen molar-refractivity contribution in [1.82, 2.24) is 19.8 Å². The average Bonchev–Trinajstić information content (AvgIpc) is 2.84. The van der Waals surface area contributed by atoms with Gasteiger partial charge in [-0.15, -0.1) is 0 Å². The molecule has 1 aliphatic rings. The fourth-order valence-electron chi connectivity index (χ4n) is 3.09. The van der Waals surface area contributed by atoms with E-state index < -0.39 is 17.8 Å². The number of nitrogens with zero attached hydrogens (tertiary/aromatic N) is 3. The molecular formula is C18H22N5O4+. The largest absolute Gasteiger partial charge is 0.338 e. The molecule has 9 nitrogen and oxygen atoms in total. The molecule has 1 atom stereocenters. The number of H-pyrrole nitrogens is 1. The van der Waals surface area contributed by atoms with Crippen LogP contribution in [0.1, 0.15) is 26.6 Å². The van der Waals surface area contributed by atoms with Crippen LogP contribution in [0.4, 0.5) is 4.79 Å². The summed E-state index contributed by atoms with van der Waals surface area (Å²) in [6.45, 7) is 6.16. The van der Waals surface area contributed by atoms with E-state index in [4.69, 9.17) is 0 Å². The van der Waals surface area contributed by atoms with Crippen molar-refractivity contribution in [3.05, 3.63) is 40.4 Å². The molecule has 9 heteroatoms. The molecule has 0 saturated carbocycles. The first-order valence-corrected chi connectivity index (χ1v) is 8.84. The van der Waals surface area contributed by atoms with Crippen molar-refractivity contribution in [3.8, 4) is 0 Å². The molecule has 1 aliphatic heterocycles. The summed E-state index contributed by atoms with van der Waals surface area (Å²) in [7, 11) is 0. The highest BCUT2D eigenvalue weighted by Crippen LogP contribution is 2.13. The van der Waals surface area contributed by atoms with Crippen LogP contribution in [-0.2, 0) is 16.1 Å². The number of nitrogens with one attached hydrogen (secondary N) is 2. The van der Waals surface area contributed by atoms with Crippen molar-refractivity contribution in [2.75, 3.05) is 13.2 Å². The third-order valence-corrected chi connectivity index (χ3v) is 4.56. The number of hydrogen-bond acceptors (Lipinski definition) is 5. The van der Waals surface area contributed by atoms with Crippen molar-refractivity contribution in [2.45, 2.75) is 33.4 Å². The maximum absolute atomic E-state index is 12.4. The zero-order valence-electron chi connectivity index (χ0n) is 15.5. The lowest BCUT2D eigenvalue weighted by molar-refractivity contribution is -0.919. The summed E-state index contributed by atoms with van der Waals surface area (Å²) >= 11 is 0. The van der Waals surface area contributed by atoms with Gasteiger partial charge in [0.25, 0.3) is 5.56 Å². The first-order chi connectivity index (χ1) is 12.8. The van der Waals surface area contributed by atoms with Gasteiger partial charge in [-0.1, -0.05) is 12.1 Å². The molecule has 1 aromatic heterocycles. The molecule has 142 valence electrons. The smallest absolute Gasteiger partial charge is 0.311 e. The van der Waals surface area contributed by atoms with Crippen molar-refractivity contribution >= 4 is 28.7 Å². The van der Waals surface area contributed by atoms with Crippen LogP contribution in [0.25, 0.3) is 10.9 Å². The number of amides is 4. The molecule has 0 radical (unpaired) electrons. The number of fused-ring (bicyclic) bond motifs is 1. The summed E-state index contributed by atoms with van der Waals surface area (Å²) in [5.74, 6) is -1.16. The van der Waals surface area contributed by atoms with Gasteiger partial charge in [0.1, 0.15) is 6.54 Å². The molecule has 0 aliphatic carbocycles. The zero-order valence-corrected chi connectivity index (χ0v) is 15.5. The summed E-state index contributed by atoms with van der Waals surface area (Å²) in [6.07, 6.45) is 0. The number of benzene rings is 1. The molecule has 27 heavy (non-hydrogen) atoms. The van der Waals surface area contributed by atoms with Crippen molar-refractivity contribution in [3.63, 3.8) is 0 Å². The summed E-state index contributed by atoms with van der Waals surface area (Å²) in [5.41, 5.74) is 0.349. The van der Waals surface area contributed by atoms with Crippen molar-refractivity contribution < 1.29 is 19.3 Å². The molecule has 0 spiro atoms. The minimum Gasteiger partial charge on any atom is -0.311 e. The maximum Gasteiger partial charge on any atom is 0.338 e. The Balaban J connectivity index is 1.81. The number of urea groups is 1. The highest BCUT2D eigenvalue weighted by atomic mass is 16.2. The van der Waals surface area contributed by atoms with Gasteiger partial charge in [0.2, 0.25) is 0 Å². The van der Waals surface area contributed by atoms with Gasteiger partial charge in [0.15, 0.2) is 12.5 Å². The number of imide groups is 2. The molecule has 2 N–H and O–H groups in total. The molecule has 0 bridgehead atoms. The lowest BCUT2D eigenvalue weighted by Gasteiger charge is -2.22. The van der Waals surface area contributed by atoms with Gasteiger partial charge in [-0.25, -0.2) is 14.7 Å².